The van der Waals surface area contributed by atoms with Crippen LogP contribution in [0, 0.1) is 18.8 Å². The van der Waals surface area contributed by atoms with Crippen molar-refractivity contribution in [3.8, 4) is 0 Å². The van der Waals surface area contributed by atoms with Crippen LogP contribution in [0.1, 0.15) is 69.4 Å². The SMILES string of the molecule is Cc1c(CN2CCN(C(=O)C3CCCC3)[C@@H](C)C2)cc(Cl)cc1NC(=O)C1CCC(O)CC1. The van der Waals surface area contributed by atoms with Crippen LogP contribution < -0.4 is 5.32 Å². The van der Waals surface area contributed by atoms with Crippen LogP contribution in [0.15, 0.2) is 12.1 Å². The number of benzene rings is 1. The summed E-state index contributed by atoms with van der Waals surface area (Å²) in [5.74, 6) is 0.541. The van der Waals surface area contributed by atoms with Crippen molar-refractivity contribution in [3.05, 3.63) is 28.3 Å². The number of hydrogen-bond donors (Lipinski definition) is 2. The number of carbonyl (C=O) groups is 2. The number of carbonyl (C=O) groups excluding carboxylic acids is 2. The molecule has 0 spiro atoms. The van der Waals surface area contributed by atoms with Crippen molar-refractivity contribution in [1.82, 2.24) is 9.80 Å². The van der Waals surface area contributed by atoms with Gasteiger partial charge in [-0.25, -0.2) is 0 Å². The molecule has 4 rings (SSSR count). The van der Waals surface area contributed by atoms with E-state index in [1.54, 1.807) is 0 Å². The number of amides is 2. The van der Waals surface area contributed by atoms with E-state index >= 15 is 0 Å². The maximum atomic E-state index is 12.9. The highest BCUT2D eigenvalue weighted by Gasteiger charge is 2.33. The summed E-state index contributed by atoms with van der Waals surface area (Å²) in [5, 5.41) is 13.4. The van der Waals surface area contributed by atoms with E-state index < -0.39 is 0 Å². The lowest BCUT2D eigenvalue weighted by Gasteiger charge is -2.41. The lowest BCUT2D eigenvalue weighted by molar-refractivity contribution is -0.140. The highest BCUT2D eigenvalue weighted by atomic mass is 35.5. The molecule has 0 bridgehead atoms. The van der Waals surface area contributed by atoms with Gasteiger partial charge in [-0.2, -0.15) is 0 Å². The fourth-order valence-electron chi connectivity index (χ4n) is 5.75. The number of rotatable bonds is 5. The summed E-state index contributed by atoms with van der Waals surface area (Å²) in [4.78, 5) is 30.2. The van der Waals surface area contributed by atoms with Crippen LogP contribution in [-0.2, 0) is 16.1 Å². The summed E-state index contributed by atoms with van der Waals surface area (Å²) < 4.78 is 0. The number of piperazine rings is 1. The Balaban J connectivity index is 1.38. The molecule has 6 nitrogen and oxygen atoms in total. The average Bonchev–Trinajstić information content (AvgIpc) is 3.32. The van der Waals surface area contributed by atoms with Gasteiger partial charge in [0.15, 0.2) is 0 Å². The molecule has 1 aromatic rings. The molecule has 3 fully saturated rings. The zero-order valence-corrected chi connectivity index (χ0v) is 20.7. The lowest BCUT2D eigenvalue weighted by atomic mass is 9.87. The van der Waals surface area contributed by atoms with Crippen molar-refractivity contribution in [2.75, 3.05) is 25.0 Å². The molecule has 0 aromatic heterocycles. The van der Waals surface area contributed by atoms with Crippen LogP contribution in [-0.4, -0.2) is 58.5 Å². The van der Waals surface area contributed by atoms with Crippen LogP contribution in [0.4, 0.5) is 5.69 Å². The summed E-state index contributed by atoms with van der Waals surface area (Å²) in [6, 6.07) is 4.02. The van der Waals surface area contributed by atoms with E-state index in [9.17, 15) is 14.7 Å². The Morgan fingerprint density at radius 2 is 1.76 bits per heavy atom. The summed E-state index contributed by atoms with van der Waals surface area (Å²) in [7, 11) is 0. The first-order valence-corrected chi connectivity index (χ1v) is 13.0. The zero-order chi connectivity index (χ0) is 23.5. The van der Waals surface area contributed by atoms with Gasteiger partial charge in [0.1, 0.15) is 0 Å². The largest absolute Gasteiger partial charge is 0.393 e. The van der Waals surface area contributed by atoms with Gasteiger partial charge < -0.3 is 15.3 Å². The molecule has 1 aromatic carbocycles. The highest BCUT2D eigenvalue weighted by Crippen LogP contribution is 2.31. The van der Waals surface area contributed by atoms with Crippen LogP contribution >= 0.6 is 11.6 Å². The summed E-state index contributed by atoms with van der Waals surface area (Å²) in [6.45, 7) is 7.40. The van der Waals surface area contributed by atoms with Crippen LogP contribution in [0.25, 0.3) is 0 Å². The second kappa shape index (κ2) is 10.7. The molecule has 2 amide bonds. The van der Waals surface area contributed by atoms with E-state index in [0.29, 0.717) is 23.8 Å². The van der Waals surface area contributed by atoms with E-state index in [0.717, 1.165) is 68.7 Å². The molecule has 1 saturated heterocycles. The number of nitrogens with zero attached hydrogens (tertiary/aromatic N) is 2. The average molecular weight is 476 g/mol. The molecular formula is C26H38ClN3O3. The molecule has 33 heavy (non-hydrogen) atoms. The molecule has 3 aliphatic rings. The normalized spacial score (nSPS) is 27.0. The Bertz CT molecular complexity index is 863. The third-order valence-corrected chi connectivity index (χ3v) is 8.12. The van der Waals surface area contributed by atoms with Crippen molar-refractivity contribution in [2.24, 2.45) is 11.8 Å². The Labute approximate surface area is 202 Å². The number of anilines is 1. The van der Waals surface area contributed by atoms with Gasteiger partial charge in [-0.3, -0.25) is 14.5 Å². The summed E-state index contributed by atoms with van der Waals surface area (Å²) in [6.07, 6.45) is 7.00. The first-order chi connectivity index (χ1) is 15.8. The number of halogens is 1. The minimum Gasteiger partial charge on any atom is -0.393 e. The first-order valence-electron chi connectivity index (χ1n) is 12.6. The molecule has 2 aliphatic carbocycles. The van der Waals surface area contributed by atoms with Crippen LogP contribution in [0.3, 0.4) is 0 Å². The second-order valence-electron chi connectivity index (χ2n) is 10.3. The van der Waals surface area contributed by atoms with Crippen molar-refractivity contribution in [1.29, 1.82) is 0 Å². The van der Waals surface area contributed by atoms with E-state index in [1.807, 2.05) is 19.1 Å². The molecule has 1 atom stereocenters. The quantitative estimate of drug-likeness (QED) is 0.663. The van der Waals surface area contributed by atoms with Crippen LogP contribution in [0.2, 0.25) is 5.02 Å². The molecule has 2 N–H and O–H groups in total. The van der Waals surface area contributed by atoms with E-state index in [2.05, 4.69) is 22.0 Å². The molecular weight excluding hydrogens is 438 g/mol. The minimum absolute atomic E-state index is 0.0193. The Kier molecular flexibility index (Phi) is 7.98. The monoisotopic (exact) mass is 475 g/mol. The Morgan fingerprint density at radius 1 is 1.06 bits per heavy atom. The smallest absolute Gasteiger partial charge is 0.227 e. The lowest BCUT2D eigenvalue weighted by Crippen LogP contribution is -2.54. The van der Waals surface area contributed by atoms with Gasteiger partial charge in [0.25, 0.3) is 0 Å². The minimum atomic E-state index is -0.273. The van der Waals surface area contributed by atoms with Crippen molar-refractivity contribution in [3.63, 3.8) is 0 Å². The zero-order valence-electron chi connectivity index (χ0n) is 20.0. The van der Waals surface area contributed by atoms with Gasteiger partial charge in [0.05, 0.1) is 6.10 Å². The third-order valence-electron chi connectivity index (χ3n) is 7.90. The first kappa shape index (κ1) is 24.5. The van der Waals surface area contributed by atoms with Crippen molar-refractivity contribution in [2.45, 2.75) is 83.9 Å². The van der Waals surface area contributed by atoms with Gasteiger partial charge in [-0.15, -0.1) is 0 Å². The Hall–Kier alpha value is -1.63. The molecule has 0 unspecified atom stereocenters. The fraction of sp³-hybridized carbons (Fsp3) is 0.692. The summed E-state index contributed by atoms with van der Waals surface area (Å²) in [5.41, 5.74) is 2.93. The maximum absolute atomic E-state index is 12.9. The molecule has 1 heterocycles. The second-order valence-corrected chi connectivity index (χ2v) is 10.8. The number of hydrogen-bond acceptors (Lipinski definition) is 4. The molecule has 7 heteroatoms. The fourth-order valence-corrected chi connectivity index (χ4v) is 6.00. The standard InChI is InChI=1S/C26H38ClN3O3/c1-17-15-29(11-12-30(17)26(33)20-5-3-4-6-20)16-21-13-22(27)14-24(18(21)2)28-25(32)19-7-9-23(31)10-8-19/h13-14,17,19-20,23,31H,3-12,15-16H2,1-2H3,(H,28,32)/t17-,19?,23?/m0/s1. The third kappa shape index (κ3) is 5.90. The highest BCUT2D eigenvalue weighted by molar-refractivity contribution is 6.31. The molecule has 0 radical (unpaired) electrons. The van der Waals surface area contributed by atoms with Gasteiger partial charge in [0.2, 0.25) is 11.8 Å². The van der Waals surface area contributed by atoms with E-state index in [1.165, 1.54) is 12.8 Å². The number of nitrogens with one attached hydrogen (secondary N) is 1. The van der Waals surface area contributed by atoms with Crippen molar-refractivity contribution < 1.29 is 14.7 Å². The van der Waals surface area contributed by atoms with Gasteiger partial charge in [-0.05, 0) is 75.6 Å². The van der Waals surface area contributed by atoms with Gasteiger partial charge in [-0.1, -0.05) is 24.4 Å². The maximum Gasteiger partial charge on any atom is 0.227 e. The topological polar surface area (TPSA) is 72.9 Å². The summed E-state index contributed by atoms with van der Waals surface area (Å²) >= 11 is 6.44. The number of aliphatic hydroxyl groups is 1. The Morgan fingerprint density at radius 3 is 2.42 bits per heavy atom. The van der Waals surface area contributed by atoms with Gasteiger partial charge >= 0.3 is 0 Å². The predicted octanol–water partition coefficient (Wildman–Crippen LogP) is 4.36. The molecule has 182 valence electrons. The van der Waals surface area contributed by atoms with Crippen molar-refractivity contribution >= 4 is 29.1 Å². The molecule has 1 aliphatic heterocycles. The van der Waals surface area contributed by atoms with Crippen LogP contribution in [0.5, 0.6) is 0 Å². The predicted molar refractivity (Wildman–Crippen MR) is 131 cm³/mol. The molecule has 2 saturated carbocycles. The van der Waals surface area contributed by atoms with E-state index in [4.69, 9.17) is 11.6 Å². The number of aliphatic hydroxyl groups excluding tert-OH is 1. The van der Waals surface area contributed by atoms with E-state index in [-0.39, 0.29) is 29.9 Å². The van der Waals surface area contributed by atoms with Gasteiger partial charge in [0, 0.05) is 54.8 Å².